The minimum Gasteiger partial charge on any atom is -0.396 e. The first kappa shape index (κ1) is 12.5. The van der Waals surface area contributed by atoms with Crippen LogP contribution in [0.4, 0.5) is 10.1 Å². The first-order valence-electron chi connectivity index (χ1n) is 5.78. The van der Waals surface area contributed by atoms with E-state index in [1.165, 1.54) is 6.07 Å². The molecule has 0 bridgehead atoms. The van der Waals surface area contributed by atoms with Gasteiger partial charge in [-0.15, -0.1) is 10.2 Å². The van der Waals surface area contributed by atoms with E-state index in [0.29, 0.717) is 6.42 Å². The average Bonchev–Trinajstić information content (AvgIpc) is 2.67. The van der Waals surface area contributed by atoms with E-state index in [-0.39, 0.29) is 16.9 Å². The molecule has 4 nitrogen and oxygen atoms in total. The van der Waals surface area contributed by atoms with Crippen LogP contribution in [0.3, 0.4) is 0 Å². The minimum atomic E-state index is -0.381. The Morgan fingerprint density at radius 3 is 2.67 bits per heavy atom. The Balaban J connectivity index is 2.30. The highest BCUT2D eigenvalue weighted by Crippen LogP contribution is 2.29. The van der Waals surface area contributed by atoms with Gasteiger partial charge in [-0.1, -0.05) is 19.9 Å². The Labute approximate surface area is 106 Å². The van der Waals surface area contributed by atoms with Crippen molar-refractivity contribution in [1.82, 2.24) is 14.8 Å². The zero-order valence-electron chi connectivity index (χ0n) is 10.8. The van der Waals surface area contributed by atoms with E-state index in [9.17, 15) is 4.39 Å². The van der Waals surface area contributed by atoms with Crippen molar-refractivity contribution >= 4 is 5.69 Å². The topological polar surface area (TPSA) is 56.7 Å². The molecule has 0 spiro atoms. The van der Waals surface area contributed by atoms with Gasteiger partial charge in [-0.05, 0) is 23.1 Å². The summed E-state index contributed by atoms with van der Waals surface area (Å²) in [7, 11) is 1.91. The lowest BCUT2D eigenvalue weighted by Crippen LogP contribution is -2.22. The molecule has 1 aromatic carbocycles. The molecule has 2 N–H and O–H groups in total. The van der Waals surface area contributed by atoms with E-state index in [4.69, 9.17) is 5.73 Å². The molecule has 0 unspecified atom stereocenters. The molecule has 2 aromatic rings. The number of nitrogen functional groups attached to an aromatic ring is 1. The third kappa shape index (κ3) is 2.34. The van der Waals surface area contributed by atoms with Crippen molar-refractivity contribution in [2.24, 2.45) is 7.05 Å². The van der Waals surface area contributed by atoms with Crippen molar-refractivity contribution in [3.05, 3.63) is 41.7 Å². The quantitative estimate of drug-likeness (QED) is 0.846. The predicted octanol–water partition coefficient (Wildman–Crippen LogP) is 2.06. The summed E-state index contributed by atoms with van der Waals surface area (Å²) in [6.07, 6.45) is 2.39. The smallest absolute Gasteiger partial charge is 0.146 e. The van der Waals surface area contributed by atoms with Gasteiger partial charge in [0.1, 0.15) is 18.0 Å². The number of halogens is 1. The highest BCUT2D eigenvalue weighted by Gasteiger charge is 2.24. The van der Waals surface area contributed by atoms with Gasteiger partial charge in [-0.3, -0.25) is 0 Å². The van der Waals surface area contributed by atoms with Gasteiger partial charge in [0.05, 0.1) is 5.69 Å². The molecule has 18 heavy (non-hydrogen) atoms. The lowest BCUT2D eigenvalue weighted by molar-refractivity contribution is 0.496. The van der Waals surface area contributed by atoms with Gasteiger partial charge in [0.15, 0.2) is 0 Å². The summed E-state index contributed by atoms with van der Waals surface area (Å²) in [5.74, 6) is 0.510. The Morgan fingerprint density at radius 2 is 2.11 bits per heavy atom. The van der Waals surface area contributed by atoms with Crippen molar-refractivity contribution in [3.63, 3.8) is 0 Å². The molecular formula is C13H17FN4. The van der Waals surface area contributed by atoms with Crippen molar-refractivity contribution in [2.75, 3.05) is 5.73 Å². The molecule has 0 fully saturated rings. The zero-order chi connectivity index (χ0) is 13.3. The molecular weight excluding hydrogens is 231 g/mol. The first-order chi connectivity index (χ1) is 8.40. The van der Waals surface area contributed by atoms with Gasteiger partial charge in [-0.2, -0.15) is 0 Å². The number of benzene rings is 1. The SMILES string of the molecule is Cn1cnnc1CC(C)(C)c1ccc(F)c(N)c1. The summed E-state index contributed by atoms with van der Waals surface area (Å²) in [5.41, 5.74) is 6.60. The third-order valence-electron chi connectivity index (χ3n) is 3.18. The van der Waals surface area contributed by atoms with Crippen LogP contribution < -0.4 is 5.73 Å². The van der Waals surface area contributed by atoms with Crippen LogP contribution in [0.1, 0.15) is 25.2 Å². The molecule has 0 atom stereocenters. The normalized spacial score (nSPS) is 11.8. The van der Waals surface area contributed by atoms with Crippen LogP contribution in [-0.2, 0) is 18.9 Å². The van der Waals surface area contributed by atoms with E-state index in [0.717, 1.165) is 11.4 Å². The predicted molar refractivity (Wildman–Crippen MR) is 68.5 cm³/mol. The van der Waals surface area contributed by atoms with Crippen LogP contribution in [0.5, 0.6) is 0 Å². The van der Waals surface area contributed by atoms with Crippen LogP contribution in [0.15, 0.2) is 24.5 Å². The van der Waals surface area contributed by atoms with Gasteiger partial charge >= 0.3 is 0 Å². The van der Waals surface area contributed by atoms with Gasteiger partial charge in [0, 0.05) is 13.5 Å². The minimum absolute atomic E-state index is 0.178. The Morgan fingerprint density at radius 1 is 1.39 bits per heavy atom. The second-order valence-electron chi connectivity index (χ2n) is 5.16. The van der Waals surface area contributed by atoms with Crippen LogP contribution >= 0.6 is 0 Å². The fourth-order valence-electron chi connectivity index (χ4n) is 1.93. The molecule has 0 aliphatic heterocycles. The highest BCUT2D eigenvalue weighted by molar-refractivity contribution is 5.44. The Kier molecular flexibility index (Phi) is 3.07. The van der Waals surface area contributed by atoms with Gasteiger partial charge in [0.2, 0.25) is 0 Å². The largest absolute Gasteiger partial charge is 0.396 e. The van der Waals surface area contributed by atoms with Crippen LogP contribution in [0, 0.1) is 5.82 Å². The molecule has 0 amide bonds. The molecule has 96 valence electrons. The summed E-state index contributed by atoms with van der Waals surface area (Å²) in [5, 5.41) is 7.93. The molecule has 0 aliphatic carbocycles. The first-order valence-corrected chi connectivity index (χ1v) is 5.78. The number of hydrogen-bond acceptors (Lipinski definition) is 3. The summed E-state index contributed by atoms with van der Waals surface area (Å²) in [6.45, 7) is 4.16. The van der Waals surface area contributed by atoms with Gasteiger partial charge < -0.3 is 10.3 Å². The van der Waals surface area contributed by atoms with Crippen molar-refractivity contribution in [3.8, 4) is 0 Å². The van der Waals surface area contributed by atoms with Crippen molar-refractivity contribution in [1.29, 1.82) is 0 Å². The number of aryl methyl sites for hydroxylation is 1. The van der Waals surface area contributed by atoms with Crippen molar-refractivity contribution in [2.45, 2.75) is 25.7 Å². The molecule has 0 saturated carbocycles. The van der Waals surface area contributed by atoms with Crippen LogP contribution in [0.2, 0.25) is 0 Å². The van der Waals surface area contributed by atoms with E-state index >= 15 is 0 Å². The lowest BCUT2D eigenvalue weighted by atomic mass is 9.81. The molecule has 5 heteroatoms. The second kappa shape index (κ2) is 4.40. The lowest BCUT2D eigenvalue weighted by Gasteiger charge is -2.25. The van der Waals surface area contributed by atoms with E-state index in [1.54, 1.807) is 18.5 Å². The van der Waals surface area contributed by atoms with E-state index in [1.807, 2.05) is 11.6 Å². The number of hydrogen-bond donors (Lipinski definition) is 1. The third-order valence-corrected chi connectivity index (χ3v) is 3.18. The molecule has 2 rings (SSSR count). The average molecular weight is 248 g/mol. The van der Waals surface area contributed by atoms with Crippen LogP contribution in [-0.4, -0.2) is 14.8 Å². The van der Waals surface area contributed by atoms with E-state index < -0.39 is 0 Å². The number of anilines is 1. The summed E-state index contributed by atoms with van der Waals surface area (Å²) < 4.78 is 15.1. The highest BCUT2D eigenvalue weighted by atomic mass is 19.1. The summed E-state index contributed by atoms with van der Waals surface area (Å²) in [4.78, 5) is 0. The Bertz CT molecular complexity index is 560. The summed E-state index contributed by atoms with van der Waals surface area (Å²) >= 11 is 0. The fraction of sp³-hybridized carbons (Fsp3) is 0.385. The second-order valence-corrected chi connectivity index (χ2v) is 5.16. The molecule has 0 saturated heterocycles. The number of nitrogens with two attached hydrogens (primary N) is 1. The summed E-state index contributed by atoms with van der Waals surface area (Å²) in [6, 6.07) is 4.86. The maximum absolute atomic E-state index is 13.2. The van der Waals surface area contributed by atoms with Gasteiger partial charge in [0.25, 0.3) is 0 Å². The Hall–Kier alpha value is -1.91. The van der Waals surface area contributed by atoms with Crippen molar-refractivity contribution < 1.29 is 4.39 Å². The number of rotatable bonds is 3. The number of nitrogens with zero attached hydrogens (tertiary/aromatic N) is 3. The zero-order valence-corrected chi connectivity index (χ0v) is 10.8. The van der Waals surface area contributed by atoms with Gasteiger partial charge in [-0.25, -0.2) is 4.39 Å². The molecule has 1 heterocycles. The molecule has 0 radical (unpaired) electrons. The molecule has 1 aromatic heterocycles. The number of aromatic nitrogens is 3. The fourth-order valence-corrected chi connectivity index (χ4v) is 1.93. The van der Waals surface area contributed by atoms with Crippen LogP contribution in [0.25, 0.3) is 0 Å². The monoisotopic (exact) mass is 248 g/mol. The maximum atomic E-state index is 13.2. The molecule has 0 aliphatic rings. The maximum Gasteiger partial charge on any atom is 0.146 e. The van der Waals surface area contributed by atoms with E-state index in [2.05, 4.69) is 24.0 Å². The standard InChI is InChI=1S/C13H17FN4/c1-13(2,7-12-17-16-8-18(12)3)9-4-5-10(14)11(15)6-9/h4-6,8H,7,15H2,1-3H3.